The highest BCUT2D eigenvalue weighted by Gasteiger charge is 2.34. The van der Waals surface area contributed by atoms with Crippen LogP contribution >= 0.6 is 0 Å². The van der Waals surface area contributed by atoms with E-state index < -0.39 is 19.0 Å². The van der Waals surface area contributed by atoms with Crippen molar-refractivity contribution in [3.8, 4) is 0 Å². The van der Waals surface area contributed by atoms with Crippen molar-refractivity contribution < 1.29 is 17.9 Å². The molecule has 1 heterocycles. The molecular formula is C8H14F3NO. The molecule has 1 aliphatic heterocycles. The van der Waals surface area contributed by atoms with Gasteiger partial charge in [-0.3, -0.25) is 9.64 Å². The Bertz CT molecular complexity index is 159. The first kappa shape index (κ1) is 10.8. The molecule has 5 heteroatoms. The van der Waals surface area contributed by atoms with E-state index in [1.165, 1.54) is 6.92 Å². The number of halogens is 3. The van der Waals surface area contributed by atoms with Gasteiger partial charge in [-0.15, -0.1) is 0 Å². The quantitative estimate of drug-likeness (QED) is 0.683. The summed E-state index contributed by atoms with van der Waals surface area (Å²) in [5.41, 5.74) is 0. The first-order valence-electron chi connectivity index (χ1n) is 4.41. The summed E-state index contributed by atoms with van der Waals surface area (Å²) in [6.07, 6.45) is -2.35. The van der Waals surface area contributed by atoms with Gasteiger partial charge in [-0.25, -0.2) is 4.39 Å². The van der Waals surface area contributed by atoms with Crippen molar-refractivity contribution in [2.45, 2.75) is 32.1 Å². The first-order chi connectivity index (χ1) is 6.05. The molecule has 1 saturated heterocycles. The number of nitrogens with zero attached hydrogens (tertiary/aromatic N) is 1. The smallest absolute Gasteiger partial charge is 0.300 e. The molecule has 0 aromatic carbocycles. The minimum absolute atomic E-state index is 0.701. The van der Waals surface area contributed by atoms with Gasteiger partial charge >= 0.3 is 6.11 Å². The molecule has 0 spiro atoms. The summed E-state index contributed by atoms with van der Waals surface area (Å²) in [5.74, 6) is 0. The van der Waals surface area contributed by atoms with Crippen LogP contribution in [0.15, 0.2) is 0 Å². The Labute approximate surface area is 75.7 Å². The van der Waals surface area contributed by atoms with Crippen LogP contribution in [0.5, 0.6) is 0 Å². The maximum Gasteiger partial charge on any atom is 0.385 e. The molecule has 0 aromatic heterocycles. The van der Waals surface area contributed by atoms with Crippen LogP contribution in [-0.2, 0) is 4.74 Å². The fraction of sp³-hybridized carbons (Fsp3) is 1.00. The van der Waals surface area contributed by atoms with E-state index in [9.17, 15) is 13.2 Å². The second kappa shape index (κ2) is 4.28. The lowest BCUT2D eigenvalue weighted by molar-refractivity contribution is -0.288. The number of likely N-dealkylation sites (tertiary alicyclic amines) is 1. The van der Waals surface area contributed by atoms with Crippen molar-refractivity contribution in [2.24, 2.45) is 0 Å². The molecule has 1 aliphatic rings. The zero-order chi connectivity index (χ0) is 9.90. The first-order valence-corrected chi connectivity index (χ1v) is 4.41. The Morgan fingerprint density at radius 2 is 1.92 bits per heavy atom. The molecule has 1 atom stereocenters. The van der Waals surface area contributed by atoms with Crippen LogP contribution in [0.4, 0.5) is 13.2 Å². The summed E-state index contributed by atoms with van der Waals surface area (Å²) >= 11 is 0. The van der Waals surface area contributed by atoms with Crippen molar-refractivity contribution in [3.05, 3.63) is 0 Å². The Hall–Kier alpha value is -0.290. The minimum atomic E-state index is -3.64. The summed E-state index contributed by atoms with van der Waals surface area (Å²) in [6, 6.07) is 0. The third-order valence-corrected chi connectivity index (χ3v) is 2.15. The van der Waals surface area contributed by atoms with Crippen LogP contribution in [0.1, 0.15) is 19.8 Å². The van der Waals surface area contributed by atoms with Crippen LogP contribution < -0.4 is 0 Å². The normalized spacial score (nSPS) is 22.2. The molecule has 0 bridgehead atoms. The molecule has 0 aliphatic carbocycles. The fourth-order valence-corrected chi connectivity index (χ4v) is 1.46. The third kappa shape index (κ3) is 3.15. The van der Waals surface area contributed by atoms with E-state index in [4.69, 9.17) is 0 Å². The standard InChI is InChI=1S/C8H14F3NO/c1-7(12-4-2-3-5-12)13-8(10,11)6-9/h7H,2-6H2,1H3. The van der Waals surface area contributed by atoms with Crippen molar-refractivity contribution in [3.63, 3.8) is 0 Å². The second-order valence-corrected chi connectivity index (χ2v) is 3.23. The highest BCUT2D eigenvalue weighted by Crippen LogP contribution is 2.21. The van der Waals surface area contributed by atoms with Crippen LogP contribution in [0, 0.1) is 0 Å². The Morgan fingerprint density at radius 1 is 1.38 bits per heavy atom. The summed E-state index contributed by atoms with van der Waals surface area (Å²) in [4.78, 5) is 1.78. The molecule has 0 saturated carbocycles. The second-order valence-electron chi connectivity index (χ2n) is 3.23. The predicted molar refractivity (Wildman–Crippen MR) is 42.3 cm³/mol. The molecule has 0 aromatic rings. The lowest BCUT2D eigenvalue weighted by Gasteiger charge is -2.26. The van der Waals surface area contributed by atoms with E-state index in [0.29, 0.717) is 0 Å². The summed E-state index contributed by atoms with van der Waals surface area (Å²) < 4.78 is 40.9. The van der Waals surface area contributed by atoms with Gasteiger partial charge in [0.2, 0.25) is 0 Å². The van der Waals surface area contributed by atoms with Gasteiger partial charge in [-0.1, -0.05) is 0 Å². The number of rotatable bonds is 4. The van der Waals surface area contributed by atoms with Crippen LogP contribution in [0.25, 0.3) is 0 Å². The van der Waals surface area contributed by atoms with E-state index in [0.717, 1.165) is 25.9 Å². The summed E-state index contributed by atoms with van der Waals surface area (Å²) in [5, 5.41) is 0. The molecule has 78 valence electrons. The van der Waals surface area contributed by atoms with Crippen LogP contribution in [0.2, 0.25) is 0 Å². The van der Waals surface area contributed by atoms with Crippen molar-refractivity contribution >= 4 is 0 Å². The van der Waals surface area contributed by atoms with Gasteiger partial charge in [0.15, 0.2) is 6.67 Å². The molecule has 0 N–H and O–H groups in total. The monoisotopic (exact) mass is 197 g/mol. The highest BCUT2D eigenvalue weighted by molar-refractivity contribution is 4.68. The van der Waals surface area contributed by atoms with E-state index in [-0.39, 0.29) is 0 Å². The Kier molecular flexibility index (Phi) is 3.55. The van der Waals surface area contributed by atoms with Crippen molar-refractivity contribution in [1.29, 1.82) is 0 Å². The summed E-state index contributed by atoms with van der Waals surface area (Å²) in [7, 11) is 0. The van der Waals surface area contributed by atoms with Gasteiger partial charge in [0.1, 0.15) is 6.23 Å². The summed E-state index contributed by atoms with van der Waals surface area (Å²) in [6.45, 7) is 1.27. The molecule has 1 rings (SSSR count). The number of hydrogen-bond donors (Lipinski definition) is 0. The molecule has 2 nitrogen and oxygen atoms in total. The lowest BCUT2D eigenvalue weighted by atomic mass is 10.4. The van der Waals surface area contributed by atoms with E-state index >= 15 is 0 Å². The maximum absolute atomic E-state index is 12.4. The van der Waals surface area contributed by atoms with Crippen LogP contribution in [0.3, 0.4) is 0 Å². The highest BCUT2D eigenvalue weighted by atomic mass is 19.3. The van der Waals surface area contributed by atoms with Gasteiger partial charge in [0.25, 0.3) is 0 Å². The SMILES string of the molecule is CC(OC(F)(F)CF)N1CCCC1. The van der Waals surface area contributed by atoms with Crippen molar-refractivity contribution in [1.82, 2.24) is 4.90 Å². The Balaban J connectivity index is 2.35. The maximum atomic E-state index is 12.4. The van der Waals surface area contributed by atoms with Gasteiger partial charge in [-0.2, -0.15) is 8.78 Å². The Morgan fingerprint density at radius 3 is 2.38 bits per heavy atom. The van der Waals surface area contributed by atoms with Gasteiger partial charge in [0.05, 0.1) is 0 Å². The van der Waals surface area contributed by atoms with Gasteiger partial charge < -0.3 is 0 Å². The zero-order valence-electron chi connectivity index (χ0n) is 7.60. The fourth-order valence-electron chi connectivity index (χ4n) is 1.46. The molecule has 1 fully saturated rings. The average Bonchev–Trinajstić information content (AvgIpc) is 2.55. The number of alkyl halides is 3. The van der Waals surface area contributed by atoms with Crippen LogP contribution in [-0.4, -0.2) is 37.0 Å². The largest absolute Gasteiger partial charge is 0.385 e. The van der Waals surface area contributed by atoms with Crippen molar-refractivity contribution in [2.75, 3.05) is 19.8 Å². The molecule has 0 radical (unpaired) electrons. The minimum Gasteiger partial charge on any atom is -0.300 e. The topological polar surface area (TPSA) is 12.5 Å². The average molecular weight is 197 g/mol. The van der Waals surface area contributed by atoms with Gasteiger partial charge in [0, 0.05) is 13.1 Å². The predicted octanol–water partition coefficient (Wildman–Crippen LogP) is 2.01. The number of ether oxygens (including phenoxy) is 1. The van der Waals surface area contributed by atoms with E-state index in [1.807, 2.05) is 0 Å². The lowest BCUT2D eigenvalue weighted by Crippen LogP contribution is -2.39. The molecule has 13 heavy (non-hydrogen) atoms. The zero-order valence-corrected chi connectivity index (χ0v) is 7.60. The molecule has 0 amide bonds. The molecular weight excluding hydrogens is 183 g/mol. The number of hydrogen-bond acceptors (Lipinski definition) is 2. The molecule has 1 unspecified atom stereocenters. The van der Waals surface area contributed by atoms with E-state index in [2.05, 4.69) is 4.74 Å². The third-order valence-electron chi connectivity index (χ3n) is 2.15. The van der Waals surface area contributed by atoms with E-state index in [1.54, 1.807) is 4.90 Å². The van der Waals surface area contributed by atoms with Gasteiger partial charge in [-0.05, 0) is 19.8 Å².